The molecule has 29 heavy (non-hydrogen) atoms. The molecule has 3 fully saturated rings. The highest BCUT2D eigenvalue weighted by atomic mass is 16.5. The zero-order valence-electron chi connectivity index (χ0n) is 17.3. The van der Waals surface area contributed by atoms with E-state index in [0.29, 0.717) is 25.7 Å². The number of nitrogens with zero attached hydrogens (tertiary/aromatic N) is 1. The van der Waals surface area contributed by atoms with Crippen LogP contribution in [0, 0.1) is 31.6 Å². The van der Waals surface area contributed by atoms with Crippen molar-refractivity contribution in [3.63, 3.8) is 0 Å². The van der Waals surface area contributed by atoms with Gasteiger partial charge in [0.15, 0.2) is 0 Å². The van der Waals surface area contributed by atoms with Crippen LogP contribution in [0.1, 0.15) is 29.5 Å². The van der Waals surface area contributed by atoms with Crippen molar-refractivity contribution in [1.82, 2.24) is 4.90 Å². The van der Waals surface area contributed by atoms with Gasteiger partial charge in [0.05, 0.1) is 0 Å². The summed E-state index contributed by atoms with van der Waals surface area (Å²) < 4.78 is 11.7. The lowest BCUT2D eigenvalue weighted by atomic mass is 9.76. The fourth-order valence-corrected chi connectivity index (χ4v) is 4.43. The van der Waals surface area contributed by atoms with Gasteiger partial charge in [-0.15, -0.1) is 0 Å². The number of piperidine rings is 3. The maximum absolute atomic E-state index is 11.0. The molecule has 3 aliphatic heterocycles. The van der Waals surface area contributed by atoms with E-state index in [2.05, 4.69) is 16.7 Å². The average molecular weight is 392 g/mol. The molecule has 4 nitrogen and oxygen atoms in total. The molecule has 4 heteroatoms. The van der Waals surface area contributed by atoms with Gasteiger partial charge in [-0.1, -0.05) is 30.0 Å². The second kappa shape index (κ2) is 8.49. The zero-order valence-corrected chi connectivity index (χ0v) is 17.3. The highest BCUT2D eigenvalue weighted by molar-refractivity contribution is 5.49. The second-order valence-electron chi connectivity index (χ2n) is 8.17. The molecule has 2 bridgehead atoms. The number of hydrogen-bond donors (Lipinski definition) is 1. The lowest BCUT2D eigenvalue weighted by Crippen LogP contribution is -2.58. The van der Waals surface area contributed by atoms with Crippen LogP contribution in [0.5, 0.6) is 11.5 Å². The lowest BCUT2D eigenvalue weighted by Gasteiger charge is -2.47. The van der Waals surface area contributed by atoms with E-state index in [4.69, 9.17) is 9.47 Å². The minimum atomic E-state index is -0.873. The molecule has 2 aromatic carbocycles. The van der Waals surface area contributed by atoms with Gasteiger partial charge in [0.25, 0.3) is 0 Å². The van der Waals surface area contributed by atoms with Gasteiger partial charge in [-0.3, -0.25) is 4.90 Å². The van der Waals surface area contributed by atoms with E-state index >= 15 is 0 Å². The molecule has 0 radical (unpaired) electrons. The monoisotopic (exact) mass is 391 g/mol. The summed E-state index contributed by atoms with van der Waals surface area (Å²) in [4.78, 5) is 2.32. The van der Waals surface area contributed by atoms with Crippen LogP contribution in [0.4, 0.5) is 0 Å². The number of hydrogen-bond acceptors (Lipinski definition) is 4. The van der Waals surface area contributed by atoms with Crippen LogP contribution in [0.2, 0.25) is 0 Å². The van der Waals surface area contributed by atoms with Crippen molar-refractivity contribution in [1.29, 1.82) is 0 Å². The Morgan fingerprint density at radius 3 is 2.31 bits per heavy atom. The molecule has 0 spiro atoms. The summed E-state index contributed by atoms with van der Waals surface area (Å²) in [6.07, 6.45) is 2.09. The van der Waals surface area contributed by atoms with E-state index in [-0.39, 0.29) is 0 Å². The minimum absolute atomic E-state index is 0.300. The molecule has 0 aromatic heterocycles. The highest BCUT2D eigenvalue weighted by Gasteiger charge is 2.44. The predicted octanol–water partition coefficient (Wildman–Crippen LogP) is 3.57. The van der Waals surface area contributed by atoms with Crippen molar-refractivity contribution in [3.8, 4) is 23.3 Å². The van der Waals surface area contributed by atoms with Crippen LogP contribution in [0.3, 0.4) is 0 Å². The molecule has 0 amide bonds. The van der Waals surface area contributed by atoms with Gasteiger partial charge in [-0.25, -0.2) is 0 Å². The summed E-state index contributed by atoms with van der Waals surface area (Å²) in [5.41, 5.74) is 2.16. The summed E-state index contributed by atoms with van der Waals surface area (Å²) in [7, 11) is 0. The summed E-state index contributed by atoms with van der Waals surface area (Å²) in [5.74, 6) is 8.46. The Morgan fingerprint density at radius 2 is 1.69 bits per heavy atom. The summed E-state index contributed by atoms with van der Waals surface area (Å²) in [5, 5.41) is 11.0. The molecule has 3 heterocycles. The van der Waals surface area contributed by atoms with Crippen LogP contribution in [0.15, 0.2) is 42.5 Å². The summed E-state index contributed by atoms with van der Waals surface area (Å²) in [6, 6.07) is 13.8. The third kappa shape index (κ3) is 4.58. The van der Waals surface area contributed by atoms with Gasteiger partial charge in [-0.2, -0.15) is 0 Å². The number of aliphatic hydroxyl groups is 1. The van der Waals surface area contributed by atoms with Gasteiger partial charge in [0, 0.05) is 18.0 Å². The van der Waals surface area contributed by atoms with Crippen LogP contribution in [0.25, 0.3) is 0 Å². The molecule has 1 N–H and O–H groups in total. The van der Waals surface area contributed by atoms with Crippen LogP contribution >= 0.6 is 0 Å². The fraction of sp³-hybridized carbons (Fsp3) is 0.440. The molecular weight excluding hydrogens is 362 g/mol. The second-order valence-corrected chi connectivity index (χ2v) is 8.17. The van der Waals surface area contributed by atoms with Crippen LogP contribution in [-0.4, -0.2) is 48.5 Å². The molecular formula is C25H29NO3. The van der Waals surface area contributed by atoms with Crippen LogP contribution < -0.4 is 9.47 Å². The van der Waals surface area contributed by atoms with Crippen molar-refractivity contribution >= 4 is 0 Å². The van der Waals surface area contributed by atoms with E-state index in [1.807, 2.05) is 56.3 Å². The van der Waals surface area contributed by atoms with Gasteiger partial charge in [0.1, 0.15) is 30.3 Å². The van der Waals surface area contributed by atoms with Gasteiger partial charge in [-0.05, 0) is 75.2 Å². The van der Waals surface area contributed by atoms with E-state index in [9.17, 15) is 5.11 Å². The maximum Gasteiger partial charge on any atom is 0.141 e. The van der Waals surface area contributed by atoms with E-state index in [1.165, 1.54) is 0 Å². The van der Waals surface area contributed by atoms with Crippen molar-refractivity contribution in [2.45, 2.75) is 32.3 Å². The van der Waals surface area contributed by atoms with Crippen molar-refractivity contribution in [2.24, 2.45) is 5.92 Å². The number of aryl methyl sites for hydroxylation is 2. The summed E-state index contributed by atoms with van der Waals surface area (Å²) in [6.45, 7) is 7.91. The third-order valence-electron chi connectivity index (χ3n) is 5.95. The first-order valence-corrected chi connectivity index (χ1v) is 10.4. The Labute approximate surface area is 173 Å². The SMILES string of the molecule is Cc1cc(C#CC2(O)CN3CCC2CC3)cc(C)c1OCCOc1ccccc1. The Kier molecular flexibility index (Phi) is 5.80. The lowest BCUT2D eigenvalue weighted by molar-refractivity contribution is -0.0713. The average Bonchev–Trinajstić information content (AvgIpc) is 2.73. The normalized spacial score (nSPS) is 25.2. The Hall–Kier alpha value is -2.48. The molecule has 3 saturated heterocycles. The van der Waals surface area contributed by atoms with Crippen molar-refractivity contribution in [3.05, 3.63) is 59.2 Å². The van der Waals surface area contributed by atoms with E-state index in [0.717, 1.165) is 54.1 Å². The zero-order chi connectivity index (χ0) is 20.3. The fourth-order valence-electron chi connectivity index (χ4n) is 4.43. The van der Waals surface area contributed by atoms with E-state index < -0.39 is 5.60 Å². The first kappa shape index (κ1) is 19.8. The largest absolute Gasteiger partial charge is 0.490 e. The molecule has 5 rings (SSSR count). The predicted molar refractivity (Wildman–Crippen MR) is 114 cm³/mol. The smallest absolute Gasteiger partial charge is 0.141 e. The molecule has 3 aliphatic rings. The van der Waals surface area contributed by atoms with Crippen molar-refractivity contribution in [2.75, 3.05) is 32.8 Å². The quantitative estimate of drug-likeness (QED) is 0.625. The molecule has 0 saturated carbocycles. The molecule has 152 valence electrons. The Morgan fingerprint density at radius 1 is 1.03 bits per heavy atom. The Balaban J connectivity index is 1.39. The van der Waals surface area contributed by atoms with E-state index in [1.54, 1.807) is 0 Å². The van der Waals surface area contributed by atoms with Gasteiger partial charge >= 0.3 is 0 Å². The molecule has 2 aromatic rings. The van der Waals surface area contributed by atoms with Crippen molar-refractivity contribution < 1.29 is 14.6 Å². The molecule has 0 aliphatic carbocycles. The standard InChI is InChI=1S/C25H29NO3/c1-19-16-21(8-11-25(27)18-26-12-9-22(25)10-13-26)17-20(2)24(19)29-15-14-28-23-6-4-3-5-7-23/h3-7,16-17,22,27H,9-10,12-15,18H2,1-2H3. The number of benzene rings is 2. The first-order valence-electron chi connectivity index (χ1n) is 10.4. The summed E-state index contributed by atoms with van der Waals surface area (Å²) >= 11 is 0. The third-order valence-corrected chi connectivity index (χ3v) is 5.95. The molecule has 1 atom stereocenters. The van der Waals surface area contributed by atoms with Gasteiger partial charge < -0.3 is 14.6 Å². The number of fused-ring (bicyclic) bond motifs is 3. The molecule has 1 unspecified atom stereocenters. The minimum Gasteiger partial charge on any atom is -0.490 e. The number of rotatable bonds is 5. The van der Waals surface area contributed by atoms with Gasteiger partial charge in [0.2, 0.25) is 0 Å². The number of ether oxygens (including phenoxy) is 2. The maximum atomic E-state index is 11.0. The number of para-hydroxylation sites is 1. The highest BCUT2D eigenvalue weighted by Crippen LogP contribution is 2.35. The topological polar surface area (TPSA) is 41.9 Å². The Bertz CT molecular complexity index is 884. The first-order chi connectivity index (χ1) is 14.0. The van der Waals surface area contributed by atoms with Crippen LogP contribution in [-0.2, 0) is 0 Å².